The number of esters is 1. The molecule has 0 bridgehead atoms. The largest absolute Gasteiger partial charge is 0.456 e. The molecule has 0 amide bonds. The highest BCUT2D eigenvalue weighted by Gasteiger charge is 2.09. The molecule has 3 nitrogen and oxygen atoms in total. The first-order chi connectivity index (χ1) is 5.33. The average molecular weight is 172 g/mol. The zero-order valence-electron chi connectivity index (χ0n) is 8.39. The topological polar surface area (TPSA) is 26.3 Å². The summed E-state index contributed by atoms with van der Waals surface area (Å²) in [5, 5.41) is 0. The number of likely N-dealkylation sites (N-methyl/N-ethyl adjacent to an activating group) is 1. The Morgan fingerprint density at radius 2 is 1.92 bits per heavy atom. The molecule has 3 heteroatoms. The molecule has 0 aliphatic heterocycles. The molecule has 0 aromatic carbocycles. The molecule has 0 aliphatic carbocycles. The van der Waals surface area contributed by atoms with E-state index in [9.17, 15) is 4.79 Å². The molecule has 0 radical (unpaired) electrons. The van der Waals surface area contributed by atoms with Crippen LogP contribution < -0.4 is 0 Å². The second kappa shape index (κ2) is 4.26. The van der Waals surface area contributed by atoms with Crippen molar-refractivity contribution in [2.24, 2.45) is 0 Å². The van der Waals surface area contributed by atoms with E-state index in [-0.39, 0.29) is 5.97 Å². The lowest BCUT2D eigenvalue weighted by Crippen LogP contribution is -2.38. The van der Waals surface area contributed by atoms with Gasteiger partial charge in [-0.15, -0.1) is 0 Å². The Balaban J connectivity index is 3.58. The Bertz CT molecular complexity index is 179. The number of hydrogen-bond acceptors (Lipinski definition) is 2. The summed E-state index contributed by atoms with van der Waals surface area (Å²) >= 11 is 0. The van der Waals surface area contributed by atoms with Crippen LogP contribution in [0.5, 0.6) is 0 Å². The second-order valence-corrected chi connectivity index (χ2v) is 3.93. The van der Waals surface area contributed by atoms with Gasteiger partial charge in [0.25, 0.3) is 0 Å². The Labute approximate surface area is 74.2 Å². The molecule has 0 aromatic heterocycles. The standard InChI is InChI=1S/C9H18NO2/c1-8(2)9(11)12-7-6-10(3,4)5/h1,6-7H2,2-5H3/q+1. The van der Waals surface area contributed by atoms with E-state index in [1.807, 2.05) is 0 Å². The van der Waals surface area contributed by atoms with Gasteiger partial charge in [0.05, 0.1) is 21.1 Å². The molecule has 0 aliphatic rings. The van der Waals surface area contributed by atoms with E-state index >= 15 is 0 Å². The SMILES string of the molecule is C=C(C)C(=O)OCC[N+](C)(C)C. The van der Waals surface area contributed by atoms with Gasteiger partial charge in [-0.2, -0.15) is 0 Å². The summed E-state index contributed by atoms with van der Waals surface area (Å²) in [7, 11) is 6.15. The van der Waals surface area contributed by atoms with Crippen molar-refractivity contribution in [3.63, 3.8) is 0 Å². The molecule has 0 saturated carbocycles. The minimum absolute atomic E-state index is 0.302. The van der Waals surface area contributed by atoms with Crippen molar-refractivity contribution in [3.8, 4) is 0 Å². The van der Waals surface area contributed by atoms with E-state index in [0.717, 1.165) is 11.0 Å². The van der Waals surface area contributed by atoms with Gasteiger partial charge < -0.3 is 9.22 Å². The first-order valence-corrected chi connectivity index (χ1v) is 3.96. The average Bonchev–Trinajstić information content (AvgIpc) is 1.84. The van der Waals surface area contributed by atoms with Crippen LogP contribution in [0.15, 0.2) is 12.2 Å². The van der Waals surface area contributed by atoms with E-state index in [4.69, 9.17) is 4.74 Å². The van der Waals surface area contributed by atoms with Crippen LogP contribution in [0, 0.1) is 0 Å². The van der Waals surface area contributed by atoms with Gasteiger partial charge in [0, 0.05) is 5.57 Å². The second-order valence-electron chi connectivity index (χ2n) is 3.93. The number of nitrogens with zero attached hydrogens (tertiary/aromatic N) is 1. The van der Waals surface area contributed by atoms with Crippen LogP contribution in [0.3, 0.4) is 0 Å². The summed E-state index contributed by atoms with van der Waals surface area (Å²) in [6.45, 7) is 6.41. The molecular weight excluding hydrogens is 154 g/mol. The molecule has 12 heavy (non-hydrogen) atoms. The van der Waals surface area contributed by atoms with E-state index < -0.39 is 0 Å². The molecule has 0 rings (SSSR count). The van der Waals surface area contributed by atoms with Gasteiger partial charge in [-0.3, -0.25) is 0 Å². The van der Waals surface area contributed by atoms with Crippen molar-refractivity contribution >= 4 is 5.97 Å². The fraction of sp³-hybridized carbons (Fsp3) is 0.667. The predicted octanol–water partition coefficient (Wildman–Crippen LogP) is 0.812. The maximum absolute atomic E-state index is 10.9. The summed E-state index contributed by atoms with van der Waals surface area (Å²) in [5.74, 6) is -0.302. The van der Waals surface area contributed by atoms with Crippen molar-refractivity contribution in [1.29, 1.82) is 0 Å². The van der Waals surface area contributed by atoms with Gasteiger partial charge in [-0.25, -0.2) is 4.79 Å². The van der Waals surface area contributed by atoms with E-state index in [2.05, 4.69) is 27.7 Å². The number of ether oxygens (including phenoxy) is 1. The normalized spacial score (nSPS) is 11.0. The van der Waals surface area contributed by atoms with Crippen LogP contribution in [-0.4, -0.2) is 44.7 Å². The lowest BCUT2D eigenvalue weighted by Gasteiger charge is -2.23. The molecule has 0 atom stereocenters. The van der Waals surface area contributed by atoms with Crippen molar-refractivity contribution in [2.45, 2.75) is 6.92 Å². The summed E-state index contributed by atoms with van der Waals surface area (Å²) in [5.41, 5.74) is 0.455. The van der Waals surface area contributed by atoms with Crippen molar-refractivity contribution in [1.82, 2.24) is 0 Å². The van der Waals surface area contributed by atoms with E-state index in [1.165, 1.54) is 0 Å². The molecular formula is C9H18NO2+. The fourth-order valence-corrected chi connectivity index (χ4v) is 0.535. The van der Waals surface area contributed by atoms with Crippen molar-refractivity contribution in [2.75, 3.05) is 34.3 Å². The van der Waals surface area contributed by atoms with Crippen LogP contribution in [0.2, 0.25) is 0 Å². The van der Waals surface area contributed by atoms with Crippen LogP contribution >= 0.6 is 0 Å². The van der Waals surface area contributed by atoms with Gasteiger partial charge in [-0.1, -0.05) is 6.58 Å². The molecule has 0 unspecified atom stereocenters. The van der Waals surface area contributed by atoms with Gasteiger partial charge >= 0.3 is 5.97 Å². The summed E-state index contributed by atoms with van der Waals surface area (Å²) < 4.78 is 5.72. The van der Waals surface area contributed by atoms with Crippen molar-refractivity contribution in [3.05, 3.63) is 12.2 Å². The summed E-state index contributed by atoms with van der Waals surface area (Å²) in [4.78, 5) is 10.9. The minimum Gasteiger partial charge on any atom is -0.456 e. The Hall–Kier alpha value is -0.830. The van der Waals surface area contributed by atoms with Crippen LogP contribution in [-0.2, 0) is 9.53 Å². The zero-order valence-corrected chi connectivity index (χ0v) is 8.39. The highest BCUT2D eigenvalue weighted by atomic mass is 16.5. The lowest BCUT2D eigenvalue weighted by molar-refractivity contribution is -0.870. The van der Waals surface area contributed by atoms with Crippen LogP contribution in [0.4, 0.5) is 0 Å². The van der Waals surface area contributed by atoms with E-state index in [1.54, 1.807) is 6.92 Å². The molecule has 0 heterocycles. The third-order valence-electron chi connectivity index (χ3n) is 1.34. The predicted molar refractivity (Wildman–Crippen MR) is 48.7 cm³/mol. The Morgan fingerprint density at radius 1 is 1.42 bits per heavy atom. The van der Waals surface area contributed by atoms with E-state index in [0.29, 0.717) is 12.2 Å². The maximum atomic E-state index is 10.9. The lowest BCUT2D eigenvalue weighted by atomic mass is 10.4. The number of quaternary nitrogens is 1. The first kappa shape index (κ1) is 11.2. The number of hydrogen-bond donors (Lipinski definition) is 0. The van der Waals surface area contributed by atoms with Gasteiger partial charge in [-0.05, 0) is 6.92 Å². The first-order valence-electron chi connectivity index (χ1n) is 3.96. The van der Waals surface area contributed by atoms with Crippen LogP contribution in [0.1, 0.15) is 6.92 Å². The summed E-state index contributed by atoms with van der Waals surface area (Å²) in [6.07, 6.45) is 0. The third kappa shape index (κ3) is 5.92. The Morgan fingerprint density at radius 3 is 2.25 bits per heavy atom. The molecule has 0 N–H and O–H groups in total. The highest BCUT2D eigenvalue weighted by molar-refractivity contribution is 5.86. The maximum Gasteiger partial charge on any atom is 0.333 e. The molecule has 0 saturated heterocycles. The molecule has 0 aromatic rings. The molecule has 0 fully saturated rings. The summed E-state index contributed by atoms with van der Waals surface area (Å²) in [6, 6.07) is 0. The number of carbonyl (C=O) groups excluding carboxylic acids is 1. The fourth-order valence-electron chi connectivity index (χ4n) is 0.535. The zero-order chi connectivity index (χ0) is 9.78. The number of carbonyl (C=O) groups is 1. The smallest absolute Gasteiger partial charge is 0.333 e. The van der Waals surface area contributed by atoms with Gasteiger partial charge in [0.2, 0.25) is 0 Å². The van der Waals surface area contributed by atoms with Gasteiger partial charge in [0.1, 0.15) is 13.2 Å². The van der Waals surface area contributed by atoms with Crippen LogP contribution in [0.25, 0.3) is 0 Å². The Kier molecular flexibility index (Phi) is 3.96. The third-order valence-corrected chi connectivity index (χ3v) is 1.34. The highest BCUT2D eigenvalue weighted by Crippen LogP contribution is 1.94. The molecule has 70 valence electrons. The quantitative estimate of drug-likeness (QED) is 0.356. The monoisotopic (exact) mass is 172 g/mol. The van der Waals surface area contributed by atoms with Gasteiger partial charge in [0.15, 0.2) is 0 Å². The number of rotatable bonds is 4. The van der Waals surface area contributed by atoms with Crippen molar-refractivity contribution < 1.29 is 14.0 Å². The minimum atomic E-state index is -0.302. The molecule has 0 spiro atoms.